The van der Waals surface area contributed by atoms with Crippen LogP contribution in [0.15, 0.2) is 0 Å². The molecule has 0 saturated carbocycles. The van der Waals surface area contributed by atoms with Gasteiger partial charge in [-0.1, -0.05) is 40.0 Å². The molecular weight excluding hydrogens is 124 g/mol. The summed E-state index contributed by atoms with van der Waals surface area (Å²) in [4.78, 5) is 0. The van der Waals surface area contributed by atoms with E-state index in [0.717, 1.165) is 12.3 Å². The zero-order valence-corrected chi connectivity index (χ0v) is 7.43. The van der Waals surface area contributed by atoms with Crippen molar-refractivity contribution in [2.24, 2.45) is 11.8 Å². The lowest BCUT2D eigenvalue weighted by Gasteiger charge is -2.21. The fraction of sp³-hybridized carbons (Fsp3) is 1.00. The molecule has 1 N–H and O–H groups in total. The first-order chi connectivity index (χ1) is 4.79. The van der Waals surface area contributed by atoms with E-state index in [1.807, 2.05) is 0 Å². The van der Waals surface area contributed by atoms with Crippen LogP contribution in [0.25, 0.3) is 0 Å². The average Bonchev–Trinajstić information content (AvgIpc) is 2.00. The number of aliphatic hydroxyl groups is 1. The van der Waals surface area contributed by atoms with Gasteiger partial charge in [0.05, 0.1) is 0 Å². The van der Waals surface area contributed by atoms with Gasteiger partial charge in [0.1, 0.15) is 0 Å². The van der Waals surface area contributed by atoms with Crippen molar-refractivity contribution in [3.05, 3.63) is 0 Å². The maximum atomic E-state index is 8.96. The van der Waals surface area contributed by atoms with Gasteiger partial charge in [0.25, 0.3) is 0 Å². The molecule has 0 aromatic carbocycles. The van der Waals surface area contributed by atoms with Crippen molar-refractivity contribution in [2.75, 3.05) is 6.61 Å². The Morgan fingerprint density at radius 3 is 1.40 bits per heavy atom. The largest absolute Gasteiger partial charge is 0.396 e. The molecule has 0 saturated heterocycles. The summed E-state index contributed by atoms with van der Waals surface area (Å²) < 4.78 is 0. The van der Waals surface area contributed by atoms with E-state index in [4.69, 9.17) is 5.11 Å². The van der Waals surface area contributed by atoms with Crippen LogP contribution in [0.4, 0.5) is 0 Å². The van der Waals surface area contributed by atoms with Gasteiger partial charge in [-0.05, 0) is 11.8 Å². The SMILES string of the molecule is CCC(CC)C(CC)CO. The second kappa shape index (κ2) is 5.72. The first-order valence-corrected chi connectivity index (χ1v) is 4.40. The van der Waals surface area contributed by atoms with Crippen LogP contribution < -0.4 is 0 Å². The smallest absolute Gasteiger partial charge is 0.0461 e. The molecule has 0 rings (SSSR count). The normalized spacial score (nSPS) is 14.1. The molecule has 0 aliphatic rings. The van der Waals surface area contributed by atoms with Gasteiger partial charge in [-0.3, -0.25) is 0 Å². The van der Waals surface area contributed by atoms with E-state index < -0.39 is 0 Å². The molecule has 1 heteroatoms. The quantitative estimate of drug-likeness (QED) is 0.628. The second-order valence-electron chi connectivity index (χ2n) is 2.93. The molecule has 1 unspecified atom stereocenters. The third-order valence-corrected chi connectivity index (χ3v) is 2.47. The lowest BCUT2D eigenvalue weighted by molar-refractivity contribution is 0.164. The van der Waals surface area contributed by atoms with Gasteiger partial charge < -0.3 is 5.11 Å². The first kappa shape index (κ1) is 9.96. The molecule has 0 heterocycles. The predicted molar refractivity (Wildman–Crippen MR) is 44.9 cm³/mol. The lowest BCUT2D eigenvalue weighted by atomic mass is 9.87. The zero-order valence-electron chi connectivity index (χ0n) is 7.43. The summed E-state index contributed by atoms with van der Waals surface area (Å²) in [5.41, 5.74) is 0. The van der Waals surface area contributed by atoms with Crippen LogP contribution in [0, 0.1) is 11.8 Å². The summed E-state index contributed by atoms with van der Waals surface area (Å²) >= 11 is 0. The molecule has 0 aromatic heterocycles. The maximum absolute atomic E-state index is 8.96. The van der Waals surface area contributed by atoms with Crippen molar-refractivity contribution < 1.29 is 5.11 Å². The van der Waals surface area contributed by atoms with Crippen molar-refractivity contribution >= 4 is 0 Å². The van der Waals surface area contributed by atoms with Gasteiger partial charge >= 0.3 is 0 Å². The van der Waals surface area contributed by atoms with E-state index in [1.54, 1.807) is 0 Å². The third kappa shape index (κ3) is 2.70. The molecule has 62 valence electrons. The highest BCUT2D eigenvalue weighted by Gasteiger charge is 2.14. The maximum Gasteiger partial charge on any atom is 0.0461 e. The molecule has 0 bridgehead atoms. The van der Waals surface area contributed by atoms with E-state index in [2.05, 4.69) is 20.8 Å². The van der Waals surface area contributed by atoms with Crippen molar-refractivity contribution in [3.63, 3.8) is 0 Å². The highest BCUT2D eigenvalue weighted by atomic mass is 16.3. The Hall–Kier alpha value is -0.0400. The van der Waals surface area contributed by atoms with E-state index in [1.165, 1.54) is 12.8 Å². The van der Waals surface area contributed by atoms with Crippen LogP contribution >= 0.6 is 0 Å². The Labute approximate surface area is 64.5 Å². The van der Waals surface area contributed by atoms with E-state index in [9.17, 15) is 0 Å². The van der Waals surface area contributed by atoms with Gasteiger partial charge in [0, 0.05) is 6.61 Å². The minimum absolute atomic E-state index is 0.364. The standard InChI is InChI=1S/C9H20O/c1-4-8(5-2)9(6-3)7-10/h8-10H,4-7H2,1-3H3. The van der Waals surface area contributed by atoms with E-state index in [-0.39, 0.29) is 0 Å². The summed E-state index contributed by atoms with van der Waals surface area (Å²) in [5, 5.41) is 8.96. The topological polar surface area (TPSA) is 20.2 Å². The van der Waals surface area contributed by atoms with Crippen molar-refractivity contribution in [2.45, 2.75) is 40.0 Å². The summed E-state index contributed by atoms with van der Waals surface area (Å²) in [7, 11) is 0. The van der Waals surface area contributed by atoms with Crippen molar-refractivity contribution in [3.8, 4) is 0 Å². The van der Waals surface area contributed by atoms with E-state index >= 15 is 0 Å². The second-order valence-corrected chi connectivity index (χ2v) is 2.93. The first-order valence-electron chi connectivity index (χ1n) is 4.40. The molecule has 0 aromatic rings. The highest BCUT2D eigenvalue weighted by Crippen LogP contribution is 2.21. The van der Waals surface area contributed by atoms with Crippen molar-refractivity contribution in [1.82, 2.24) is 0 Å². The number of hydrogen-bond donors (Lipinski definition) is 1. The molecule has 1 atom stereocenters. The minimum atomic E-state index is 0.364. The van der Waals surface area contributed by atoms with Crippen molar-refractivity contribution in [1.29, 1.82) is 0 Å². The summed E-state index contributed by atoms with van der Waals surface area (Å²) in [6, 6.07) is 0. The third-order valence-electron chi connectivity index (χ3n) is 2.47. The Morgan fingerprint density at radius 1 is 0.900 bits per heavy atom. The summed E-state index contributed by atoms with van der Waals surface area (Å²) in [6.07, 6.45) is 3.52. The Bertz CT molecular complexity index is 53.1. The van der Waals surface area contributed by atoms with Gasteiger partial charge in [-0.25, -0.2) is 0 Å². The van der Waals surface area contributed by atoms with Gasteiger partial charge in [0.15, 0.2) is 0 Å². The van der Waals surface area contributed by atoms with Crippen LogP contribution in [-0.4, -0.2) is 11.7 Å². The number of hydrogen-bond acceptors (Lipinski definition) is 1. The summed E-state index contributed by atoms with van der Waals surface area (Å²) in [6.45, 7) is 6.92. The Balaban J connectivity index is 3.70. The molecule has 0 amide bonds. The highest BCUT2D eigenvalue weighted by molar-refractivity contribution is 4.64. The molecule has 0 aliphatic heterocycles. The minimum Gasteiger partial charge on any atom is -0.396 e. The molecule has 0 fully saturated rings. The number of aliphatic hydroxyl groups excluding tert-OH is 1. The fourth-order valence-corrected chi connectivity index (χ4v) is 1.57. The van der Waals surface area contributed by atoms with Crippen LogP contribution in [0.1, 0.15) is 40.0 Å². The van der Waals surface area contributed by atoms with Gasteiger partial charge in [-0.2, -0.15) is 0 Å². The van der Waals surface area contributed by atoms with Crippen LogP contribution in [-0.2, 0) is 0 Å². The fourth-order valence-electron chi connectivity index (χ4n) is 1.57. The van der Waals surface area contributed by atoms with Gasteiger partial charge in [0.2, 0.25) is 0 Å². The van der Waals surface area contributed by atoms with Gasteiger partial charge in [-0.15, -0.1) is 0 Å². The van der Waals surface area contributed by atoms with E-state index in [0.29, 0.717) is 12.5 Å². The molecule has 10 heavy (non-hydrogen) atoms. The molecular formula is C9H20O. The lowest BCUT2D eigenvalue weighted by Crippen LogP contribution is -2.16. The molecule has 0 aliphatic carbocycles. The zero-order chi connectivity index (χ0) is 7.98. The average molecular weight is 144 g/mol. The molecule has 1 nitrogen and oxygen atoms in total. The predicted octanol–water partition coefficient (Wildman–Crippen LogP) is 2.44. The Morgan fingerprint density at radius 2 is 1.30 bits per heavy atom. The van der Waals surface area contributed by atoms with Crippen LogP contribution in [0.3, 0.4) is 0 Å². The molecule has 0 radical (unpaired) electrons. The Kier molecular flexibility index (Phi) is 5.70. The molecule has 0 spiro atoms. The van der Waals surface area contributed by atoms with Crippen LogP contribution in [0.2, 0.25) is 0 Å². The number of rotatable bonds is 5. The monoisotopic (exact) mass is 144 g/mol. The summed E-state index contributed by atoms with van der Waals surface area (Å²) in [5.74, 6) is 1.27. The van der Waals surface area contributed by atoms with Crippen LogP contribution in [0.5, 0.6) is 0 Å².